The molecule has 0 amide bonds. The fourth-order valence-electron chi connectivity index (χ4n) is 2.68. The Morgan fingerprint density at radius 2 is 2.00 bits per heavy atom. The molecule has 3 aromatic rings. The molecule has 0 radical (unpaired) electrons. The van der Waals surface area contributed by atoms with Crippen LogP contribution in [0.15, 0.2) is 35.1 Å². The summed E-state index contributed by atoms with van der Waals surface area (Å²) in [5, 5.41) is 0. The van der Waals surface area contributed by atoms with Crippen LogP contribution in [0.5, 0.6) is 11.5 Å². The van der Waals surface area contributed by atoms with Gasteiger partial charge in [-0.05, 0) is 29.8 Å². The van der Waals surface area contributed by atoms with Crippen molar-refractivity contribution in [3.63, 3.8) is 0 Å². The number of hydrogen-bond donors (Lipinski definition) is 0. The molecule has 3 heterocycles. The molecule has 1 aliphatic rings. The highest BCUT2D eigenvalue weighted by atomic mass is 32.1. The first kappa shape index (κ1) is 14.8. The number of rotatable bonds is 2. The summed E-state index contributed by atoms with van der Waals surface area (Å²) >= 11 is 1.43. The van der Waals surface area contributed by atoms with Crippen molar-refractivity contribution in [1.29, 1.82) is 0 Å². The number of pyridine rings is 1. The van der Waals surface area contributed by atoms with E-state index in [4.69, 9.17) is 14.2 Å². The average Bonchev–Trinajstić information content (AvgIpc) is 3.23. The zero-order chi connectivity index (χ0) is 16.8. The van der Waals surface area contributed by atoms with Gasteiger partial charge < -0.3 is 18.8 Å². The van der Waals surface area contributed by atoms with Crippen LogP contribution in [-0.2, 0) is 11.8 Å². The Hall–Kier alpha value is -2.80. The van der Waals surface area contributed by atoms with Crippen molar-refractivity contribution >= 4 is 27.5 Å². The third kappa shape index (κ3) is 2.16. The van der Waals surface area contributed by atoms with Crippen LogP contribution in [0.3, 0.4) is 0 Å². The molecule has 0 saturated carbocycles. The zero-order valence-corrected chi connectivity index (χ0v) is 13.8. The molecule has 4 rings (SSSR count). The Balaban J connectivity index is 1.93. The van der Waals surface area contributed by atoms with E-state index >= 15 is 0 Å². The number of benzene rings is 1. The van der Waals surface area contributed by atoms with Gasteiger partial charge in [0.2, 0.25) is 6.79 Å². The summed E-state index contributed by atoms with van der Waals surface area (Å²) in [6.07, 6.45) is 0. The van der Waals surface area contributed by atoms with Crippen LogP contribution in [0, 0.1) is 0 Å². The van der Waals surface area contributed by atoms with Crippen LogP contribution in [0.2, 0.25) is 0 Å². The van der Waals surface area contributed by atoms with Gasteiger partial charge in [0.25, 0.3) is 5.56 Å². The normalized spacial score (nSPS) is 12.6. The van der Waals surface area contributed by atoms with Crippen LogP contribution in [0.4, 0.5) is 0 Å². The maximum atomic E-state index is 12.1. The molecule has 0 spiro atoms. The first-order valence-corrected chi connectivity index (χ1v) is 8.02. The van der Waals surface area contributed by atoms with E-state index in [2.05, 4.69) is 0 Å². The number of methoxy groups -OCH3 is 1. The van der Waals surface area contributed by atoms with Crippen molar-refractivity contribution < 1.29 is 19.0 Å². The predicted octanol–water partition coefficient (Wildman–Crippen LogP) is 2.78. The van der Waals surface area contributed by atoms with Gasteiger partial charge in [-0.3, -0.25) is 4.79 Å². The summed E-state index contributed by atoms with van der Waals surface area (Å²) in [5.74, 6) is 0.881. The molecule has 0 saturated heterocycles. The Kier molecular flexibility index (Phi) is 3.31. The van der Waals surface area contributed by atoms with Crippen molar-refractivity contribution in [3.8, 4) is 21.9 Å². The second kappa shape index (κ2) is 5.38. The number of aryl methyl sites for hydroxylation is 1. The van der Waals surface area contributed by atoms with Gasteiger partial charge in [-0.25, -0.2) is 4.79 Å². The van der Waals surface area contributed by atoms with E-state index in [-0.39, 0.29) is 17.9 Å². The second-order valence-electron chi connectivity index (χ2n) is 5.34. The standard InChI is InChI=1S/C17H13NO5S/c1-18-11-7-14(9-3-4-12-13(5-9)23-8-22-12)24-16(11)10(6-15(18)19)17(20)21-2/h3-7H,8H2,1-2H3. The lowest BCUT2D eigenvalue weighted by Crippen LogP contribution is -2.18. The first-order chi connectivity index (χ1) is 11.6. The van der Waals surface area contributed by atoms with Gasteiger partial charge in [-0.1, -0.05) is 0 Å². The molecule has 24 heavy (non-hydrogen) atoms. The van der Waals surface area contributed by atoms with E-state index in [0.717, 1.165) is 15.1 Å². The zero-order valence-electron chi connectivity index (χ0n) is 13.0. The van der Waals surface area contributed by atoms with Gasteiger partial charge in [-0.2, -0.15) is 0 Å². The van der Waals surface area contributed by atoms with Gasteiger partial charge in [0.15, 0.2) is 11.5 Å². The summed E-state index contributed by atoms with van der Waals surface area (Å²) in [4.78, 5) is 25.0. The van der Waals surface area contributed by atoms with E-state index in [0.29, 0.717) is 17.0 Å². The fraction of sp³-hybridized carbons (Fsp3) is 0.176. The van der Waals surface area contributed by atoms with Gasteiger partial charge in [0, 0.05) is 18.0 Å². The molecule has 7 heteroatoms. The summed E-state index contributed by atoms with van der Waals surface area (Å²) < 4.78 is 17.8. The molecule has 0 atom stereocenters. The number of carbonyl (C=O) groups is 1. The molecule has 0 unspecified atom stereocenters. The highest BCUT2D eigenvalue weighted by Gasteiger charge is 2.19. The van der Waals surface area contributed by atoms with Crippen LogP contribution < -0.4 is 15.0 Å². The van der Waals surface area contributed by atoms with Crippen LogP contribution in [0.1, 0.15) is 10.4 Å². The van der Waals surface area contributed by atoms with E-state index in [1.165, 1.54) is 29.1 Å². The molecule has 1 aromatic carbocycles. The molecular weight excluding hydrogens is 330 g/mol. The summed E-state index contributed by atoms with van der Waals surface area (Å²) in [5.41, 5.74) is 1.66. The lowest BCUT2D eigenvalue weighted by molar-refractivity contribution is 0.0603. The van der Waals surface area contributed by atoms with Gasteiger partial charge in [0.1, 0.15) is 0 Å². The molecule has 1 aliphatic heterocycles. The van der Waals surface area contributed by atoms with Crippen molar-refractivity contribution in [2.75, 3.05) is 13.9 Å². The number of thiophene rings is 1. The minimum absolute atomic E-state index is 0.214. The molecule has 0 N–H and O–H groups in total. The monoisotopic (exact) mass is 343 g/mol. The van der Waals surface area contributed by atoms with E-state index < -0.39 is 5.97 Å². The number of esters is 1. The maximum Gasteiger partial charge on any atom is 0.339 e. The molecule has 2 aromatic heterocycles. The minimum atomic E-state index is -0.517. The second-order valence-corrected chi connectivity index (χ2v) is 6.39. The minimum Gasteiger partial charge on any atom is -0.465 e. The fourth-order valence-corrected chi connectivity index (χ4v) is 3.87. The number of nitrogens with zero attached hydrogens (tertiary/aromatic N) is 1. The summed E-state index contributed by atoms with van der Waals surface area (Å²) in [6.45, 7) is 0.214. The first-order valence-electron chi connectivity index (χ1n) is 7.20. The molecule has 0 aliphatic carbocycles. The van der Waals surface area contributed by atoms with E-state index in [9.17, 15) is 9.59 Å². The van der Waals surface area contributed by atoms with Crippen molar-refractivity contribution in [3.05, 3.63) is 46.2 Å². The molecule has 6 nitrogen and oxygen atoms in total. The van der Waals surface area contributed by atoms with Gasteiger partial charge in [0.05, 0.1) is 22.9 Å². The number of aromatic nitrogens is 1. The number of ether oxygens (including phenoxy) is 3. The molecular formula is C17H13NO5S. The Bertz CT molecular complexity index is 1030. The number of carbonyl (C=O) groups excluding carboxylic acids is 1. The lowest BCUT2D eigenvalue weighted by Gasteiger charge is -2.03. The topological polar surface area (TPSA) is 66.8 Å². The third-order valence-electron chi connectivity index (χ3n) is 3.98. The highest BCUT2D eigenvalue weighted by molar-refractivity contribution is 7.22. The van der Waals surface area contributed by atoms with Crippen molar-refractivity contribution in [1.82, 2.24) is 4.57 Å². The quantitative estimate of drug-likeness (QED) is 0.670. The highest BCUT2D eigenvalue weighted by Crippen LogP contribution is 2.40. The number of fused-ring (bicyclic) bond motifs is 2. The maximum absolute atomic E-state index is 12.1. The van der Waals surface area contributed by atoms with Crippen LogP contribution in [0.25, 0.3) is 20.7 Å². The Morgan fingerprint density at radius 3 is 2.79 bits per heavy atom. The van der Waals surface area contributed by atoms with Gasteiger partial charge in [-0.15, -0.1) is 11.3 Å². The summed E-state index contributed by atoms with van der Waals surface area (Å²) in [7, 11) is 2.99. The van der Waals surface area contributed by atoms with Crippen LogP contribution >= 0.6 is 11.3 Å². The Labute approximate surface area is 140 Å². The van der Waals surface area contributed by atoms with E-state index in [1.54, 1.807) is 7.05 Å². The largest absolute Gasteiger partial charge is 0.465 e. The van der Waals surface area contributed by atoms with Crippen molar-refractivity contribution in [2.45, 2.75) is 0 Å². The molecule has 0 fully saturated rings. The predicted molar refractivity (Wildman–Crippen MR) is 90.0 cm³/mol. The SMILES string of the molecule is COC(=O)c1cc(=O)n(C)c2cc(-c3ccc4c(c3)OCO4)sc12. The van der Waals surface area contributed by atoms with Crippen molar-refractivity contribution in [2.24, 2.45) is 7.05 Å². The van der Waals surface area contributed by atoms with Crippen LogP contribution in [-0.4, -0.2) is 24.4 Å². The Morgan fingerprint density at radius 1 is 1.21 bits per heavy atom. The summed E-state index contributed by atoms with van der Waals surface area (Å²) in [6, 6.07) is 8.87. The van der Waals surface area contributed by atoms with Gasteiger partial charge >= 0.3 is 5.97 Å². The smallest absolute Gasteiger partial charge is 0.339 e. The molecule has 122 valence electrons. The molecule has 0 bridgehead atoms. The lowest BCUT2D eigenvalue weighted by atomic mass is 10.1. The van der Waals surface area contributed by atoms with E-state index in [1.807, 2.05) is 24.3 Å². The average molecular weight is 343 g/mol. The third-order valence-corrected chi connectivity index (χ3v) is 5.19. The number of hydrogen-bond acceptors (Lipinski definition) is 6.